The molecule has 210 valence electrons. The summed E-state index contributed by atoms with van der Waals surface area (Å²) in [4.78, 5) is 27.1. The Balaban J connectivity index is 1.55. The van der Waals surface area contributed by atoms with Gasteiger partial charge in [0.15, 0.2) is 11.5 Å². The van der Waals surface area contributed by atoms with Crippen molar-refractivity contribution in [2.45, 2.75) is 19.9 Å². The van der Waals surface area contributed by atoms with Crippen LogP contribution in [-0.2, 0) is 4.79 Å². The van der Waals surface area contributed by atoms with E-state index in [1.165, 1.54) is 6.20 Å². The van der Waals surface area contributed by atoms with Gasteiger partial charge >= 0.3 is 0 Å². The quantitative estimate of drug-likeness (QED) is 0.268. The summed E-state index contributed by atoms with van der Waals surface area (Å²) in [5.41, 5.74) is 4.42. The molecule has 0 fully saturated rings. The van der Waals surface area contributed by atoms with Crippen molar-refractivity contribution in [1.29, 1.82) is 0 Å². The number of aryl methyl sites for hydroxylation is 1. The first-order valence-electron chi connectivity index (χ1n) is 12.9. The maximum absolute atomic E-state index is 13.8. The third-order valence-electron chi connectivity index (χ3n) is 6.89. The molecule has 1 atom stereocenters. The fourth-order valence-electron chi connectivity index (χ4n) is 4.75. The molecule has 0 aliphatic carbocycles. The van der Waals surface area contributed by atoms with E-state index < -0.39 is 6.04 Å². The highest BCUT2D eigenvalue weighted by Crippen LogP contribution is 2.40. The summed E-state index contributed by atoms with van der Waals surface area (Å²) in [5, 5.41) is 13.7. The second kappa shape index (κ2) is 11.5. The maximum Gasteiger partial charge on any atom is 0.261 e. The Morgan fingerprint density at radius 3 is 2.07 bits per heavy atom. The minimum atomic E-state index is -0.676. The number of nitrogens with one attached hydrogen (secondary N) is 3. The van der Waals surface area contributed by atoms with Gasteiger partial charge in [-0.15, -0.1) is 0 Å². The van der Waals surface area contributed by atoms with Gasteiger partial charge in [-0.2, -0.15) is 5.10 Å². The number of allylic oxidation sites excluding steroid dienone is 1. The predicted octanol–water partition coefficient (Wildman–Crippen LogP) is 5.40. The largest absolute Gasteiger partial charge is 0.497 e. The minimum Gasteiger partial charge on any atom is -0.497 e. The van der Waals surface area contributed by atoms with Gasteiger partial charge in [-0.25, -0.2) is 4.68 Å². The van der Waals surface area contributed by atoms with Gasteiger partial charge in [0.05, 0.1) is 33.1 Å². The SMILES string of the molecule is COc1ccc(NC(=O)C2=C(C)Nc3c(C(=O)Nc4ccc(C)cc4)cnn3[C@@H]2c2ccc(OC)c(OC)c2)cc1. The zero-order chi connectivity index (χ0) is 29.1. The average molecular weight is 554 g/mol. The van der Waals surface area contributed by atoms with Gasteiger partial charge in [0.2, 0.25) is 0 Å². The van der Waals surface area contributed by atoms with Gasteiger partial charge in [-0.1, -0.05) is 23.8 Å². The predicted molar refractivity (Wildman–Crippen MR) is 157 cm³/mol. The van der Waals surface area contributed by atoms with E-state index in [0.717, 1.165) is 11.1 Å². The second-order valence-electron chi connectivity index (χ2n) is 9.53. The normalized spacial score (nSPS) is 14.0. The molecule has 3 N–H and O–H groups in total. The first kappa shape index (κ1) is 27.3. The zero-order valence-electron chi connectivity index (χ0n) is 23.4. The summed E-state index contributed by atoms with van der Waals surface area (Å²) in [5.74, 6) is 1.54. The maximum atomic E-state index is 13.8. The minimum absolute atomic E-state index is 0.326. The number of fused-ring (bicyclic) bond motifs is 1. The van der Waals surface area contributed by atoms with E-state index in [0.29, 0.717) is 51.3 Å². The van der Waals surface area contributed by atoms with Crippen LogP contribution in [0.4, 0.5) is 17.2 Å². The van der Waals surface area contributed by atoms with E-state index in [-0.39, 0.29) is 11.8 Å². The van der Waals surface area contributed by atoms with Crippen LogP contribution in [0.3, 0.4) is 0 Å². The molecule has 0 saturated heterocycles. The Labute approximate surface area is 237 Å². The van der Waals surface area contributed by atoms with Crippen LogP contribution in [0.2, 0.25) is 0 Å². The number of amides is 2. The van der Waals surface area contributed by atoms with Crippen molar-refractivity contribution < 1.29 is 23.8 Å². The third-order valence-corrected chi connectivity index (χ3v) is 6.89. The van der Waals surface area contributed by atoms with Gasteiger partial charge in [-0.05, 0) is 67.9 Å². The Kier molecular flexibility index (Phi) is 7.64. The summed E-state index contributed by atoms with van der Waals surface area (Å²) < 4.78 is 17.8. The lowest BCUT2D eigenvalue weighted by Crippen LogP contribution is -2.32. The van der Waals surface area contributed by atoms with E-state index >= 15 is 0 Å². The lowest BCUT2D eigenvalue weighted by Gasteiger charge is -2.30. The number of methoxy groups -OCH3 is 3. The second-order valence-corrected chi connectivity index (χ2v) is 9.53. The molecule has 0 bridgehead atoms. The van der Waals surface area contributed by atoms with E-state index in [4.69, 9.17) is 14.2 Å². The summed E-state index contributed by atoms with van der Waals surface area (Å²) >= 11 is 0. The lowest BCUT2D eigenvalue weighted by molar-refractivity contribution is -0.113. The fourth-order valence-corrected chi connectivity index (χ4v) is 4.75. The number of anilines is 3. The number of hydrogen-bond donors (Lipinski definition) is 3. The molecule has 0 spiro atoms. The first-order valence-corrected chi connectivity index (χ1v) is 12.9. The Morgan fingerprint density at radius 1 is 0.805 bits per heavy atom. The summed E-state index contributed by atoms with van der Waals surface area (Å²) in [6.07, 6.45) is 1.50. The van der Waals surface area contributed by atoms with Crippen molar-refractivity contribution in [2.75, 3.05) is 37.3 Å². The van der Waals surface area contributed by atoms with Gasteiger partial charge in [-0.3, -0.25) is 9.59 Å². The number of carbonyl (C=O) groups excluding carboxylic acids is 2. The molecule has 5 rings (SSSR count). The number of hydrogen-bond acceptors (Lipinski definition) is 7. The zero-order valence-corrected chi connectivity index (χ0v) is 23.4. The smallest absolute Gasteiger partial charge is 0.261 e. The highest BCUT2D eigenvalue weighted by atomic mass is 16.5. The Bertz CT molecular complexity index is 1620. The van der Waals surface area contributed by atoms with Crippen molar-refractivity contribution in [3.05, 3.63) is 101 Å². The van der Waals surface area contributed by atoms with Crippen LogP contribution >= 0.6 is 0 Å². The molecule has 4 aromatic rings. The van der Waals surface area contributed by atoms with Crippen molar-refractivity contribution in [3.8, 4) is 17.2 Å². The lowest BCUT2D eigenvalue weighted by atomic mass is 9.94. The molecular weight excluding hydrogens is 522 g/mol. The molecule has 2 heterocycles. The topological polar surface area (TPSA) is 116 Å². The monoisotopic (exact) mass is 553 g/mol. The number of rotatable bonds is 8. The van der Waals surface area contributed by atoms with Crippen molar-refractivity contribution >= 4 is 29.0 Å². The molecule has 3 aromatic carbocycles. The van der Waals surface area contributed by atoms with E-state index in [2.05, 4.69) is 21.0 Å². The molecule has 1 aromatic heterocycles. The Hall–Kier alpha value is -5.25. The van der Waals surface area contributed by atoms with E-state index in [1.54, 1.807) is 69.3 Å². The molecule has 41 heavy (non-hydrogen) atoms. The number of benzene rings is 3. The molecule has 10 nitrogen and oxygen atoms in total. The molecule has 0 saturated carbocycles. The molecule has 10 heteroatoms. The average Bonchev–Trinajstić information content (AvgIpc) is 3.41. The van der Waals surface area contributed by atoms with Crippen LogP contribution < -0.4 is 30.2 Å². The van der Waals surface area contributed by atoms with Gasteiger partial charge in [0, 0.05) is 17.1 Å². The fraction of sp³-hybridized carbons (Fsp3) is 0.194. The van der Waals surface area contributed by atoms with Crippen LogP contribution in [-0.4, -0.2) is 42.9 Å². The third kappa shape index (κ3) is 5.44. The summed E-state index contributed by atoms with van der Waals surface area (Å²) in [6.45, 7) is 3.78. The Morgan fingerprint density at radius 2 is 1.44 bits per heavy atom. The number of ether oxygens (including phenoxy) is 3. The standard InChI is InChI=1S/C31H31N5O5/c1-18-6-9-21(10-7-18)34-30(37)24-17-32-36-28(20-8-15-25(40-4)26(16-20)41-5)27(19(2)33-29(24)36)31(38)35-22-11-13-23(39-3)14-12-22/h6-17,28,33H,1-5H3,(H,34,37)(H,35,38)/t28-/m1/s1. The van der Waals surface area contributed by atoms with Crippen molar-refractivity contribution in [3.63, 3.8) is 0 Å². The van der Waals surface area contributed by atoms with Crippen molar-refractivity contribution in [1.82, 2.24) is 9.78 Å². The van der Waals surface area contributed by atoms with Gasteiger partial charge < -0.3 is 30.2 Å². The van der Waals surface area contributed by atoms with Crippen LogP contribution in [0.5, 0.6) is 17.2 Å². The van der Waals surface area contributed by atoms with E-state index in [9.17, 15) is 9.59 Å². The molecule has 1 aliphatic rings. The van der Waals surface area contributed by atoms with Crippen molar-refractivity contribution in [2.24, 2.45) is 0 Å². The summed E-state index contributed by atoms with van der Waals surface area (Å²) in [7, 11) is 4.69. The first-order chi connectivity index (χ1) is 19.8. The summed E-state index contributed by atoms with van der Waals surface area (Å²) in [6, 6.07) is 19.4. The van der Waals surface area contributed by atoms with Crippen LogP contribution in [0, 0.1) is 6.92 Å². The van der Waals surface area contributed by atoms with Gasteiger partial charge in [0.25, 0.3) is 11.8 Å². The molecule has 2 amide bonds. The van der Waals surface area contributed by atoms with Crippen LogP contribution in [0.1, 0.15) is 34.5 Å². The van der Waals surface area contributed by atoms with Crippen LogP contribution in [0.25, 0.3) is 0 Å². The van der Waals surface area contributed by atoms with Gasteiger partial charge in [0.1, 0.15) is 23.2 Å². The molecular formula is C31H31N5O5. The van der Waals surface area contributed by atoms with E-state index in [1.807, 2.05) is 37.3 Å². The molecule has 0 unspecified atom stereocenters. The molecule has 0 radical (unpaired) electrons. The number of aromatic nitrogens is 2. The van der Waals surface area contributed by atoms with Crippen LogP contribution in [0.15, 0.2) is 84.2 Å². The molecule has 1 aliphatic heterocycles. The number of carbonyl (C=O) groups is 2. The highest BCUT2D eigenvalue weighted by molar-refractivity contribution is 6.09. The highest BCUT2D eigenvalue weighted by Gasteiger charge is 2.36. The number of nitrogens with zero attached hydrogens (tertiary/aromatic N) is 2.